The summed E-state index contributed by atoms with van der Waals surface area (Å²) in [4.78, 5) is 17.3. The van der Waals surface area contributed by atoms with Gasteiger partial charge in [0.05, 0.1) is 12.1 Å². The minimum absolute atomic E-state index is 0.212. The first-order chi connectivity index (χ1) is 16.0. The molecule has 166 valence electrons. The van der Waals surface area contributed by atoms with Gasteiger partial charge >= 0.3 is 5.97 Å². The van der Waals surface area contributed by atoms with Gasteiger partial charge in [0.2, 0.25) is 5.69 Å². The van der Waals surface area contributed by atoms with Crippen molar-refractivity contribution >= 4 is 28.5 Å². The summed E-state index contributed by atoms with van der Waals surface area (Å²) in [5.41, 5.74) is 5.42. The Balaban J connectivity index is 1.86. The normalized spacial score (nSPS) is 11.7. The van der Waals surface area contributed by atoms with Gasteiger partial charge in [-0.3, -0.25) is 4.98 Å². The lowest BCUT2D eigenvalue weighted by Crippen LogP contribution is -2.32. The number of hydrogen-bond acceptors (Lipinski definition) is 4. The number of fused-ring (bicyclic) bond motifs is 1. The summed E-state index contributed by atoms with van der Waals surface area (Å²) in [6.45, 7) is 6.31. The summed E-state index contributed by atoms with van der Waals surface area (Å²) in [6.07, 6.45) is 4.87. The van der Waals surface area contributed by atoms with Gasteiger partial charge in [0, 0.05) is 29.3 Å². The number of nitrogens with zero attached hydrogens (tertiary/aromatic N) is 2. The van der Waals surface area contributed by atoms with E-state index in [-0.39, 0.29) is 17.9 Å². The van der Waals surface area contributed by atoms with Gasteiger partial charge in [-0.15, -0.1) is 0 Å². The first kappa shape index (κ1) is 22.2. The van der Waals surface area contributed by atoms with Crippen LogP contribution in [-0.2, 0) is 9.53 Å². The molecule has 4 rings (SSSR count). The van der Waals surface area contributed by atoms with Crippen LogP contribution in [-0.4, -0.2) is 17.6 Å². The van der Waals surface area contributed by atoms with Crippen LogP contribution in [0.2, 0.25) is 0 Å². The molecule has 4 aromatic rings. The Morgan fingerprint density at radius 2 is 1.94 bits per heavy atom. The van der Waals surface area contributed by atoms with E-state index < -0.39 is 5.97 Å². The molecule has 0 amide bonds. The fourth-order valence-electron chi connectivity index (χ4n) is 3.81. The quantitative estimate of drug-likeness (QED) is 0.166. The van der Waals surface area contributed by atoms with E-state index in [9.17, 15) is 10.0 Å². The molecule has 33 heavy (non-hydrogen) atoms. The zero-order chi connectivity index (χ0) is 23.4. The third kappa shape index (κ3) is 4.77. The van der Waals surface area contributed by atoms with Gasteiger partial charge in [-0.05, 0) is 65.9 Å². The molecule has 2 aromatic heterocycles. The topological polar surface area (TPSA) is 66.1 Å². The Morgan fingerprint density at radius 1 is 1.09 bits per heavy atom. The first-order valence-corrected chi connectivity index (χ1v) is 11.0. The molecular formula is C28H26N2O3. The fourth-order valence-corrected chi connectivity index (χ4v) is 3.81. The van der Waals surface area contributed by atoms with Crippen molar-refractivity contribution in [3.05, 3.63) is 101 Å². The number of carbonyl (C=O) groups excluding carboxylic acids is 1. The van der Waals surface area contributed by atoms with E-state index in [1.54, 1.807) is 37.4 Å². The van der Waals surface area contributed by atoms with Gasteiger partial charge in [0.15, 0.2) is 6.20 Å². The third-order valence-corrected chi connectivity index (χ3v) is 5.50. The molecule has 0 aliphatic carbocycles. The SMILES string of the molecule is CCOC(=O)/C(=C\c1cccc(-c2cc(C(C)C)cc3cccnc23)c1)c1cccc[n+]1[O-]. The molecule has 2 aromatic carbocycles. The van der Waals surface area contributed by atoms with Crippen molar-refractivity contribution in [2.24, 2.45) is 0 Å². The summed E-state index contributed by atoms with van der Waals surface area (Å²) in [5, 5.41) is 13.4. The molecule has 0 N–H and O–H groups in total. The zero-order valence-electron chi connectivity index (χ0n) is 19.0. The van der Waals surface area contributed by atoms with Crippen molar-refractivity contribution in [1.82, 2.24) is 4.98 Å². The number of aromatic nitrogens is 2. The summed E-state index contributed by atoms with van der Waals surface area (Å²) in [6, 6.07) is 21.2. The number of esters is 1. The predicted molar refractivity (Wildman–Crippen MR) is 131 cm³/mol. The molecular weight excluding hydrogens is 412 g/mol. The van der Waals surface area contributed by atoms with Crippen LogP contribution in [0.25, 0.3) is 33.7 Å². The Bertz CT molecular complexity index is 1340. The van der Waals surface area contributed by atoms with Crippen LogP contribution in [0.3, 0.4) is 0 Å². The molecule has 0 bridgehead atoms. The second-order valence-electron chi connectivity index (χ2n) is 8.11. The Morgan fingerprint density at radius 3 is 2.70 bits per heavy atom. The summed E-state index contributed by atoms with van der Waals surface area (Å²) >= 11 is 0. The van der Waals surface area contributed by atoms with Crippen molar-refractivity contribution < 1.29 is 14.3 Å². The van der Waals surface area contributed by atoms with Gasteiger partial charge in [-0.2, -0.15) is 4.73 Å². The zero-order valence-corrected chi connectivity index (χ0v) is 19.0. The van der Waals surface area contributed by atoms with Crippen molar-refractivity contribution in [2.45, 2.75) is 26.7 Å². The number of pyridine rings is 2. The average Bonchev–Trinajstić information content (AvgIpc) is 2.82. The van der Waals surface area contributed by atoms with Crippen LogP contribution >= 0.6 is 0 Å². The van der Waals surface area contributed by atoms with E-state index in [2.05, 4.69) is 37.0 Å². The molecule has 5 nitrogen and oxygen atoms in total. The molecule has 5 heteroatoms. The second-order valence-corrected chi connectivity index (χ2v) is 8.11. The first-order valence-electron chi connectivity index (χ1n) is 11.0. The van der Waals surface area contributed by atoms with Crippen LogP contribution < -0.4 is 4.73 Å². The third-order valence-electron chi connectivity index (χ3n) is 5.50. The molecule has 0 atom stereocenters. The van der Waals surface area contributed by atoms with Crippen LogP contribution in [0.1, 0.15) is 43.5 Å². The molecule has 0 spiro atoms. The van der Waals surface area contributed by atoms with Crippen molar-refractivity contribution in [2.75, 3.05) is 6.61 Å². The standard InChI is InChI=1S/C28H26N2O3/c1-4-33-28(31)25(26-12-5-6-14-30(26)32)16-20-9-7-10-21(15-20)24-18-23(19(2)3)17-22-11-8-13-29-27(22)24/h5-19H,4H2,1-3H3/b25-16-. The van der Waals surface area contributed by atoms with E-state index in [1.165, 1.54) is 11.8 Å². The van der Waals surface area contributed by atoms with Crippen LogP contribution in [0, 0.1) is 5.21 Å². The molecule has 2 heterocycles. The highest BCUT2D eigenvalue weighted by Crippen LogP contribution is 2.32. The monoisotopic (exact) mass is 438 g/mol. The van der Waals surface area contributed by atoms with E-state index in [4.69, 9.17) is 4.74 Å². The lowest BCUT2D eigenvalue weighted by atomic mass is 9.93. The number of benzene rings is 2. The van der Waals surface area contributed by atoms with Gasteiger partial charge in [-0.25, -0.2) is 4.79 Å². The van der Waals surface area contributed by atoms with E-state index in [1.807, 2.05) is 30.3 Å². The average molecular weight is 439 g/mol. The Hall–Kier alpha value is -3.99. The maximum atomic E-state index is 12.7. The molecule has 0 aliphatic heterocycles. The smallest absolute Gasteiger partial charge is 0.344 e. The second kappa shape index (κ2) is 9.65. The molecule has 0 saturated carbocycles. The molecule has 0 unspecified atom stereocenters. The minimum atomic E-state index is -0.535. The molecule has 0 radical (unpaired) electrons. The highest BCUT2D eigenvalue weighted by molar-refractivity contribution is 6.20. The lowest BCUT2D eigenvalue weighted by Gasteiger charge is -2.13. The van der Waals surface area contributed by atoms with E-state index >= 15 is 0 Å². The van der Waals surface area contributed by atoms with E-state index in [0.29, 0.717) is 10.6 Å². The minimum Gasteiger partial charge on any atom is -0.618 e. The molecule has 0 saturated heterocycles. The maximum Gasteiger partial charge on any atom is 0.344 e. The van der Waals surface area contributed by atoms with Crippen LogP contribution in [0.15, 0.2) is 79.1 Å². The highest BCUT2D eigenvalue weighted by Gasteiger charge is 2.21. The predicted octanol–water partition coefficient (Wildman–Crippen LogP) is 5.76. The summed E-state index contributed by atoms with van der Waals surface area (Å²) in [7, 11) is 0. The largest absolute Gasteiger partial charge is 0.618 e. The summed E-state index contributed by atoms with van der Waals surface area (Å²) in [5.74, 6) is -0.162. The van der Waals surface area contributed by atoms with Crippen molar-refractivity contribution in [3.8, 4) is 11.1 Å². The Kier molecular flexibility index (Phi) is 6.50. The lowest BCUT2D eigenvalue weighted by molar-refractivity contribution is -0.607. The fraction of sp³-hybridized carbons (Fsp3) is 0.179. The maximum absolute atomic E-state index is 12.7. The molecule has 0 fully saturated rings. The number of rotatable bonds is 6. The Labute approximate surface area is 193 Å². The molecule has 0 aliphatic rings. The number of carbonyl (C=O) groups is 1. The van der Waals surface area contributed by atoms with Crippen LogP contribution in [0.4, 0.5) is 0 Å². The van der Waals surface area contributed by atoms with Gasteiger partial charge in [-0.1, -0.05) is 38.1 Å². The van der Waals surface area contributed by atoms with Gasteiger partial charge in [0.25, 0.3) is 0 Å². The van der Waals surface area contributed by atoms with Gasteiger partial charge in [0.1, 0.15) is 5.57 Å². The highest BCUT2D eigenvalue weighted by atomic mass is 16.5. The number of hydrogen-bond donors (Lipinski definition) is 0. The summed E-state index contributed by atoms with van der Waals surface area (Å²) < 4.78 is 5.91. The van der Waals surface area contributed by atoms with E-state index in [0.717, 1.165) is 27.6 Å². The van der Waals surface area contributed by atoms with Crippen molar-refractivity contribution in [1.29, 1.82) is 0 Å². The number of ether oxygens (including phenoxy) is 1. The van der Waals surface area contributed by atoms with Crippen molar-refractivity contribution in [3.63, 3.8) is 0 Å². The van der Waals surface area contributed by atoms with Gasteiger partial charge < -0.3 is 9.94 Å². The van der Waals surface area contributed by atoms with Crippen LogP contribution in [0.5, 0.6) is 0 Å².